The minimum absolute atomic E-state index is 0.0688. The van der Waals surface area contributed by atoms with Crippen LogP contribution in [-0.4, -0.2) is 24.4 Å². The van der Waals surface area contributed by atoms with Crippen LogP contribution in [0.15, 0.2) is 42.4 Å². The van der Waals surface area contributed by atoms with Crippen molar-refractivity contribution in [1.82, 2.24) is 10.6 Å². The summed E-state index contributed by atoms with van der Waals surface area (Å²) in [4.78, 5) is 24.5. The second kappa shape index (κ2) is 7.50. The molecule has 2 amide bonds. The first-order valence-electron chi connectivity index (χ1n) is 10.5. The van der Waals surface area contributed by atoms with Crippen LogP contribution in [-0.2, 0) is 16.0 Å². The average Bonchev–Trinajstić information content (AvgIpc) is 2.90. The minimum atomic E-state index is -4.83. The van der Waals surface area contributed by atoms with Crippen LogP contribution in [0, 0.1) is 11.3 Å². The molecule has 2 N–H and O–H groups in total. The summed E-state index contributed by atoms with van der Waals surface area (Å²) in [6.07, 6.45) is -4.83. The number of hydrogen-bond donors (Lipinski definition) is 3. The molecule has 0 aliphatic carbocycles. The number of nitrogens with one attached hydrogen (secondary N) is 2. The molecule has 31 heavy (non-hydrogen) atoms. The molecular formula is C21H19F3N4O2S. The van der Waals surface area contributed by atoms with Crippen molar-refractivity contribution in [1.29, 1.82) is 5.26 Å². The van der Waals surface area contributed by atoms with E-state index >= 15 is 0 Å². The van der Waals surface area contributed by atoms with Crippen molar-refractivity contribution >= 4 is 30.1 Å². The number of alkyl halides is 3. The van der Waals surface area contributed by atoms with Crippen LogP contribution in [0.2, 0.25) is 0 Å². The predicted molar refractivity (Wildman–Crippen MR) is 111 cm³/mol. The molecule has 0 spiro atoms. The van der Waals surface area contributed by atoms with Crippen LogP contribution in [0.1, 0.15) is 45.0 Å². The highest BCUT2D eigenvalue weighted by molar-refractivity contribution is 7.81. The van der Waals surface area contributed by atoms with Crippen molar-refractivity contribution in [3.8, 4) is 6.07 Å². The molecule has 162 valence electrons. The number of carbonyl (C=O) groups excluding carboxylic acids is 2. The van der Waals surface area contributed by atoms with Crippen LogP contribution < -0.4 is 15.5 Å². The molecule has 0 bridgehead atoms. The Labute approximate surface area is 186 Å². The van der Waals surface area contributed by atoms with E-state index in [-0.39, 0.29) is 22.9 Å². The van der Waals surface area contributed by atoms with E-state index in [1.165, 1.54) is 49.1 Å². The quantitative estimate of drug-likeness (QED) is 0.625. The zero-order valence-corrected chi connectivity index (χ0v) is 17.2. The van der Waals surface area contributed by atoms with Gasteiger partial charge < -0.3 is 15.5 Å². The number of nitrogens with zero attached hydrogens (tertiary/aromatic N) is 2. The van der Waals surface area contributed by atoms with Crippen molar-refractivity contribution in [2.45, 2.75) is 30.6 Å². The summed E-state index contributed by atoms with van der Waals surface area (Å²) in [5.41, 5.74) is -3.11. The van der Waals surface area contributed by atoms with Gasteiger partial charge in [-0.1, -0.05) is 6.07 Å². The highest BCUT2D eigenvalue weighted by atomic mass is 32.1. The van der Waals surface area contributed by atoms with Gasteiger partial charge in [0.1, 0.15) is 5.54 Å². The number of carbonyl (C=O) groups is 2. The molecule has 6 nitrogen and oxygen atoms in total. The number of benzene rings is 2. The Hall–Kier alpha value is -3.19. The molecule has 0 saturated carbocycles. The summed E-state index contributed by atoms with van der Waals surface area (Å²) in [6.45, 7) is 1.39. The van der Waals surface area contributed by atoms with Crippen molar-refractivity contribution in [3.63, 3.8) is 0 Å². The first kappa shape index (κ1) is 18.6. The van der Waals surface area contributed by atoms with E-state index in [0.29, 0.717) is 0 Å². The number of hydrogen-bond acceptors (Lipinski definition) is 5. The number of amides is 2. The molecule has 10 heteroatoms. The third kappa shape index (κ3) is 3.70. The maximum absolute atomic E-state index is 13.6. The average molecular weight is 451 g/mol. The lowest BCUT2D eigenvalue weighted by molar-refractivity contribution is -0.137. The molecule has 1 aliphatic heterocycles. The molecular weight excluding hydrogens is 429 g/mol. The zero-order valence-electron chi connectivity index (χ0n) is 19.3. The highest BCUT2D eigenvalue weighted by Crippen LogP contribution is 2.46. The van der Waals surface area contributed by atoms with Gasteiger partial charge in [0.05, 0.1) is 18.6 Å². The van der Waals surface area contributed by atoms with Crippen molar-refractivity contribution in [2.24, 2.45) is 0 Å². The lowest BCUT2D eigenvalue weighted by Crippen LogP contribution is -2.50. The van der Waals surface area contributed by atoms with Crippen molar-refractivity contribution in [2.75, 3.05) is 11.9 Å². The summed E-state index contributed by atoms with van der Waals surface area (Å²) < 4.78 is 63.2. The number of thiol groups is 1. The Bertz CT molecular complexity index is 1220. The Morgan fingerprint density at radius 1 is 1.32 bits per heavy atom. The maximum Gasteiger partial charge on any atom is 0.417 e. The highest BCUT2D eigenvalue weighted by Gasteiger charge is 2.55. The van der Waals surface area contributed by atoms with E-state index in [1.807, 2.05) is 5.32 Å². The number of anilines is 1. The Morgan fingerprint density at radius 2 is 2.03 bits per heavy atom. The van der Waals surface area contributed by atoms with Gasteiger partial charge in [0.2, 0.25) is 5.91 Å². The summed E-state index contributed by atoms with van der Waals surface area (Å²) >= 11 is 4.56. The Kier molecular flexibility index (Phi) is 4.49. The molecule has 0 aromatic heterocycles. The second-order valence-corrected chi connectivity index (χ2v) is 7.97. The monoisotopic (exact) mass is 451 g/mol. The maximum atomic E-state index is 13.6. The molecule has 1 heterocycles. The van der Waals surface area contributed by atoms with Gasteiger partial charge in [-0.15, -0.1) is 12.6 Å². The van der Waals surface area contributed by atoms with Crippen LogP contribution >= 0.6 is 12.6 Å². The third-order valence-corrected chi connectivity index (χ3v) is 5.57. The van der Waals surface area contributed by atoms with Crippen molar-refractivity contribution in [3.05, 3.63) is 64.7 Å². The van der Waals surface area contributed by atoms with Gasteiger partial charge in [-0.3, -0.25) is 9.59 Å². The zero-order chi connectivity index (χ0) is 25.6. The Morgan fingerprint density at radius 3 is 2.61 bits per heavy atom. The topological polar surface area (TPSA) is 85.2 Å². The minimum Gasteiger partial charge on any atom is -0.355 e. The summed E-state index contributed by atoms with van der Waals surface area (Å²) in [5, 5.41) is 13.7. The van der Waals surface area contributed by atoms with Gasteiger partial charge in [0.25, 0.3) is 5.91 Å². The second-order valence-electron chi connectivity index (χ2n) is 7.32. The van der Waals surface area contributed by atoms with Gasteiger partial charge in [-0.05, 0) is 50.2 Å². The molecule has 1 fully saturated rings. The first-order chi connectivity index (χ1) is 15.6. The molecule has 2 aromatic rings. The number of halogens is 3. The lowest BCUT2D eigenvalue weighted by Gasteiger charge is -2.41. The molecule has 1 aliphatic rings. The first-order valence-corrected chi connectivity index (χ1v) is 9.31. The standard InChI is InChI=1S/C21H19F3N4O2S/c1-19(2)18(30)27-21(31,14-7-4-13(11-25)16(10-14)20(22,23)24)28(19)15-8-5-12(6-9-15)17(29)26-3/h4-10,31H,1-3H3,(H,26,29)(H,27,30)/i3D2,5D. The van der Waals surface area contributed by atoms with Gasteiger partial charge in [0, 0.05) is 26.6 Å². The molecule has 1 saturated heterocycles. The van der Waals surface area contributed by atoms with Gasteiger partial charge in [0.15, 0.2) is 4.99 Å². The van der Waals surface area contributed by atoms with E-state index in [2.05, 4.69) is 17.9 Å². The normalized spacial score (nSPS) is 21.7. The van der Waals surface area contributed by atoms with E-state index in [0.717, 1.165) is 12.1 Å². The summed E-state index contributed by atoms with van der Waals surface area (Å²) in [6, 6.07) is 8.07. The summed E-state index contributed by atoms with van der Waals surface area (Å²) in [5.74, 6) is -1.37. The molecule has 3 rings (SSSR count). The summed E-state index contributed by atoms with van der Waals surface area (Å²) in [7, 11) is 0. The number of rotatable bonds is 3. The lowest BCUT2D eigenvalue weighted by atomic mass is 9.99. The van der Waals surface area contributed by atoms with Crippen LogP contribution in [0.5, 0.6) is 0 Å². The third-order valence-electron chi connectivity index (χ3n) is 5.00. The largest absolute Gasteiger partial charge is 0.417 e. The Balaban J connectivity index is 2.16. The number of nitriles is 1. The van der Waals surface area contributed by atoms with Gasteiger partial charge in [-0.25, -0.2) is 0 Å². The van der Waals surface area contributed by atoms with E-state index in [9.17, 15) is 22.8 Å². The molecule has 1 unspecified atom stereocenters. The van der Waals surface area contributed by atoms with E-state index < -0.39 is 46.7 Å². The van der Waals surface area contributed by atoms with E-state index in [1.54, 1.807) is 0 Å². The fourth-order valence-corrected chi connectivity index (χ4v) is 4.06. The SMILES string of the molecule is [2H]c1cc(N2C(C)(C)C(=O)NC2(S)c2ccc(C#N)c(C(F)(F)F)c2)ccc1C(=O)NC([2H])[2H]. The molecule has 0 radical (unpaired) electrons. The van der Waals surface area contributed by atoms with Crippen molar-refractivity contribution < 1.29 is 26.9 Å². The predicted octanol–water partition coefficient (Wildman–Crippen LogP) is 3.39. The van der Waals surface area contributed by atoms with Crippen LogP contribution in [0.4, 0.5) is 18.9 Å². The molecule has 1 atom stereocenters. The fourth-order valence-electron chi connectivity index (χ4n) is 3.45. The fraction of sp³-hybridized carbons (Fsp3) is 0.286. The van der Waals surface area contributed by atoms with Gasteiger partial charge in [-0.2, -0.15) is 18.4 Å². The smallest absolute Gasteiger partial charge is 0.355 e. The van der Waals surface area contributed by atoms with Crippen LogP contribution in [0.25, 0.3) is 0 Å². The van der Waals surface area contributed by atoms with E-state index in [4.69, 9.17) is 9.37 Å². The van der Waals surface area contributed by atoms with Gasteiger partial charge >= 0.3 is 6.18 Å². The van der Waals surface area contributed by atoms with Crippen LogP contribution in [0.3, 0.4) is 0 Å². The molecule has 2 aromatic carbocycles.